The minimum absolute atomic E-state index is 0.0160. The normalized spacial score (nSPS) is 16.0. The summed E-state index contributed by atoms with van der Waals surface area (Å²) in [5, 5.41) is 2.97. The van der Waals surface area contributed by atoms with E-state index in [-0.39, 0.29) is 18.2 Å². The summed E-state index contributed by atoms with van der Waals surface area (Å²) in [4.78, 5) is 14.4. The quantitative estimate of drug-likeness (QED) is 0.773. The van der Waals surface area contributed by atoms with Gasteiger partial charge in [0.05, 0.1) is 12.3 Å². The number of para-hydroxylation sites is 1. The van der Waals surface area contributed by atoms with Crippen LogP contribution in [0.4, 0.5) is 5.69 Å². The minimum Gasteiger partial charge on any atom is -0.325 e. The molecule has 2 aromatic rings. The van der Waals surface area contributed by atoms with Crippen LogP contribution in [0.5, 0.6) is 0 Å². The molecule has 150 valence electrons. The molecule has 0 spiro atoms. The van der Waals surface area contributed by atoms with E-state index in [9.17, 15) is 13.2 Å². The lowest BCUT2D eigenvalue weighted by atomic mass is 10.1. The Morgan fingerprint density at radius 3 is 2.29 bits per heavy atom. The van der Waals surface area contributed by atoms with Crippen LogP contribution in [0.15, 0.2) is 54.6 Å². The van der Waals surface area contributed by atoms with Gasteiger partial charge in [-0.15, -0.1) is 0 Å². The van der Waals surface area contributed by atoms with Crippen LogP contribution >= 0.6 is 0 Å². The van der Waals surface area contributed by atoms with Crippen LogP contribution < -0.4 is 5.32 Å². The van der Waals surface area contributed by atoms with Gasteiger partial charge in [0.2, 0.25) is 15.9 Å². The molecule has 0 saturated carbocycles. The smallest absolute Gasteiger partial charge is 0.238 e. The van der Waals surface area contributed by atoms with Crippen molar-refractivity contribution in [2.24, 2.45) is 0 Å². The Bertz CT molecular complexity index is 892. The summed E-state index contributed by atoms with van der Waals surface area (Å²) >= 11 is 0. The van der Waals surface area contributed by atoms with Crippen LogP contribution in [0.1, 0.15) is 18.1 Å². The number of hydrogen-bond donors (Lipinski definition) is 1. The zero-order valence-electron chi connectivity index (χ0n) is 16.2. The minimum atomic E-state index is -3.34. The maximum absolute atomic E-state index is 12.6. The Labute approximate surface area is 167 Å². The van der Waals surface area contributed by atoms with Crippen molar-refractivity contribution in [2.75, 3.05) is 38.0 Å². The van der Waals surface area contributed by atoms with E-state index in [1.54, 1.807) is 0 Å². The molecule has 2 aromatic carbocycles. The zero-order chi connectivity index (χ0) is 20.0. The van der Waals surface area contributed by atoms with Crippen LogP contribution in [-0.4, -0.2) is 56.3 Å². The molecule has 1 heterocycles. The van der Waals surface area contributed by atoms with Crippen LogP contribution in [0.2, 0.25) is 0 Å². The van der Waals surface area contributed by atoms with Gasteiger partial charge in [-0.2, -0.15) is 4.31 Å². The largest absolute Gasteiger partial charge is 0.325 e. The Morgan fingerprint density at radius 2 is 1.61 bits per heavy atom. The van der Waals surface area contributed by atoms with E-state index >= 15 is 0 Å². The Hall–Kier alpha value is -2.22. The Balaban J connectivity index is 1.50. The average Bonchev–Trinajstić information content (AvgIpc) is 2.69. The fraction of sp³-hybridized carbons (Fsp3) is 0.381. The van der Waals surface area contributed by atoms with Crippen molar-refractivity contribution < 1.29 is 13.2 Å². The Morgan fingerprint density at radius 1 is 0.964 bits per heavy atom. The number of benzene rings is 2. The lowest BCUT2D eigenvalue weighted by Gasteiger charge is -2.33. The average molecular weight is 402 g/mol. The predicted molar refractivity (Wildman–Crippen MR) is 112 cm³/mol. The number of amides is 1. The number of anilines is 1. The second kappa shape index (κ2) is 9.32. The van der Waals surface area contributed by atoms with Crippen molar-refractivity contribution in [1.29, 1.82) is 0 Å². The first-order valence-electron chi connectivity index (χ1n) is 9.60. The highest BCUT2D eigenvalue weighted by Crippen LogP contribution is 2.16. The van der Waals surface area contributed by atoms with Gasteiger partial charge in [-0.25, -0.2) is 8.42 Å². The summed E-state index contributed by atoms with van der Waals surface area (Å²) in [6.07, 6.45) is 0.856. The molecule has 1 aliphatic heterocycles. The third-order valence-corrected chi connectivity index (χ3v) is 6.81. The Kier molecular flexibility index (Phi) is 6.83. The molecule has 0 aromatic heterocycles. The zero-order valence-corrected chi connectivity index (χ0v) is 17.0. The van der Waals surface area contributed by atoms with E-state index in [4.69, 9.17) is 0 Å². The fourth-order valence-corrected chi connectivity index (χ4v) is 4.90. The molecule has 6 nitrogen and oxygen atoms in total. The molecule has 1 N–H and O–H groups in total. The molecule has 28 heavy (non-hydrogen) atoms. The first-order chi connectivity index (χ1) is 13.5. The number of carbonyl (C=O) groups excluding carboxylic acids is 1. The predicted octanol–water partition coefficient (Wildman–Crippen LogP) is 2.34. The molecule has 1 fully saturated rings. The number of nitrogens with zero attached hydrogens (tertiary/aromatic N) is 2. The maximum Gasteiger partial charge on any atom is 0.238 e. The molecular formula is C21H27N3O3S. The summed E-state index contributed by atoms with van der Waals surface area (Å²) in [7, 11) is -3.34. The van der Waals surface area contributed by atoms with E-state index in [1.807, 2.05) is 59.5 Å². The first kappa shape index (κ1) is 20.5. The van der Waals surface area contributed by atoms with Gasteiger partial charge in [0.25, 0.3) is 0 Å². The number of carbonyl (C=O) groups is 1. The lowest BCUT2D eigenvalue weighted by Crippen LogP contribution is -2.50. The summed E-state index contributed by atoms with van der Waals surface area (Å²) in [5.41, 5.74) is 2.74. The van der Waals surface area contributed by atoms with Gasteiger partial charge in [0.15, 0.2) is 0 Å². The van der Waals surface area contributed by atoms with E-state index in [0.29, 0.717) is 26.2 Å². The molecule has 1 amide bonds. The molecular weight excluding hydrogens is 374 g/mol. The molecule has 7 heteroatoms. The van der Waals surface area contributed by atoms with Crippen LogP contribution in [0.3, 0.4) is 0 Å². The number of aryl methyl sites for hydroxylation is 1. The number of nitrogens with one attached hydrogen (secondary N) is 1. The van der Waals surface area contributed by atoms with Crippen molar-refractivity contribution in [3.63, 3.8) is 0 Å². The van der Waals surface area contributed by atoms with Gasteiger partial charge in [0.1, 0.15) is 0 Å². The topological polar surface area (TPSA) is 69.7 Å². The maximum atomic E-state index is 12.6. The number of hydrogen-bond acceptors (Lipinski definition) is 4. The summed E-state index contributed by atoms with van der Waals surface area (Å²) in [6.45, 7) is 4.25. The SMILES string of the molecule is CCc1ccccc1NC(=O)CN1CCN(S(=O)(=O)Cc2ccccc2)CC1. The van der Waals surface area contributed by atoms with Crippen LogP contribution in [-0.2, 0) is 27.0 Å². The second-order valence-corrected chi connectivity index (χ2v) is 8.94. The van der Waals surface area contributed by atoms with Crippen molar-refractivity contribution in [3.8, 4) is 0 Å². The highest BCUT2D eigenvalue weighted by atomic mass is 32.2. The summed E-state index contributed by atoms with van der Waals surface area (Å²) in [6, 6.07) is 17.0. The highest BCUT2D eigenvalue weighted by molar-refractivity contribution is 7.88. The molecule has 0 unspecified atom stereocenters. The van der Waals surface area contributed by atoms with Gasteiger partial charge in [-0.05, 0) is 23.6 Å². The van der Waals surface area contributed by atoms with E-state index in [0.717, 1.165) is 23.2 Å². The van der Waals surface area contributed by atoms with Gasteiger partial charge in [-0.3, -0.25) is 9.69 Å². The molecule has 0 aliphatic carbocycles. The molecule has 1 saturated heterocycles. The van der Waals surface area contributed by atoms with Crippen molar-refractivity contribution in [3.05, 3.63) is 65.7 Å². The van der Waals surface area contributed by atoms with Crippen LogP contribution in [0, 0.1) is 0 Å². The van der Waals surface area contributed by atoms with Crippen molar-refractivity contribution >= 4 is 21.6 Å². The van der Waals surface area contributed by atoms with Crippen molar-refractivity contribution in [1.82, 2.24) is 9.21 Å². The standard InChI is InChI=1S/C21H27N3O3S/c1-2-19-10-6-7-11-20(19)22-21(25)16-23-12-14-24(15-13-23)28(26,27)17-18-8-4-3-5-9-18/h3-11H,2,12-17H2,1H3,(H,22,25). The number of rotatable bonds is 7. The molecule has 0 radical (unpaired) electrons. The van der Waals surface area contributed by atoms with Gasteiger partial charge < -0.3 is 5.32 Å². The lowest BCUT2D eigenvalue weighted by molar-refractivity contribution is -0.117. The molecule has 1 aliphatic rings. The van der Waals surface area contributed by atoms with E-state index < -0.39 is 10.0 Å². The molecule has 3 rings (SSSR count). The van der Waals surface area contributed by atoms with E-state index in [1.165, 1.54) is 4.31 Å². The molecule has 0 bridgehead atoms. The van der Waals surface area contributed by atoms with E-state index in [2.05, 4.69) is 12.2 Å². The fourth-order valence-electron chi connectivity index (χ4n) is 3.39. The first-order valence-corrected chi connectivity index (χ1v) is 11.2. The number of piperazine rings is 1. The molecule has 0 atom stereocenters. The van der Waals surface area contributed by atoms with Crippen molar-refractivity contribution in [2.45, 2.75) is 19.1 Å². The van der Waals surface area contributed by atoms with Crippen LogP contribution in [0.25, 0.3) is 0 Å². The monoisotopic (exact) mass is 401 g/mol. The summed E-state index contributed by atoms with van der Waals surface area (Å²) in [5.74, 6) is -0.0521. The van der Waals surface area contributed by atoms with Gasteiger partial charge in [-0.1, -0.05) is 55.5 Å². The highest BCUT2D eigenvalue weighted by Gasteiger charge is 2.27. The third kappa shape index (κ3) is 5.41. The summed E-state index contributed by atoms with van der Waals surface area (Å²) < 4.78 is 26.8. The van der Waals surface area contributed by atoms with Gasteiger partial charge in [0, 0.05) is 31.9 Å². The second-order valence-electron chi connectivity index (χ2n) is 6.98. The third-order valence-electron chi connectivity index (χ3n) is 4.96. The van der Waals surface area contributed by atoms with Gasteiger partial charge >= 0.3 is 0 Å². The number of sulfonamides is 1.